The van der Waals surface area contributed by atoms with E-state index in [-0.39, 0.29) is 44.2 Å². The Morgan fingerprint density at radius 2 is 1.53 bits per heavy atom. The molecule has 4 aliphatic carbocycles. The zero-order valence-electron chi connectivity index (χ0n) is 20.3. The van der Waals surface area contributed by atoms with Crippen LogP contribution in [0, 0.1) is 25.7 Å². The van der Waals surface area contributed by atoms with E-state index in [0.717, 1.165) is 34.0 Å². The van der Waals surface area contributed by atoms with Crippen molar-refractivity contribution in [1.82, 2.24) is 5.01 Å². The average molecular weight is 608 g/mol. The third kappa shape index (κ3) is 11.6. The van der Waals surface area contributed by atoms with Crippen molar-refractivity contribution in [2.75, 3.05) is 7.11 Å². The van der Waals surface area contributed by atoms with Crippen molar-refractivity contribution in [2.24, 2.45) is 15.3 Å². The van der Waals surface area contributed by atoms with E-state index in [1.54, 1.807) is 6.21 Å². The summed E-state index contributed by atoms with van der Waals surface area (Å²) >= 11 is 1.00. The number of methoxy groups -OCH3 is 1. The number of amides is 1. The zero-order chi connectivity index (χ0) is 25.4. The molecule has 0 atom stereocenters. The molecular weight excluding hydrogens is 584 g/mol. The number of carbonyl (C=O) groups is 2. The van der Waals surface area contributed by atoms with E-state index in [9.17, 15) is 9.59 Å². The molecule has 10 heteroatoms. The van der Waals surface area contributed by atoms with Crippen LogP contribution >= 0.6 is 11.8 Å². The minimum Gasteiger partial charge on any atom is -0.466 e. The summed E-state index contributed by atoms with van der Waals surface area (Å²) in [5, 5.41) is 13.6. The van der Waals surface area contributed by atoms with Gasteiger partial charge < -0.3 is 4.74 Å². The van der Waals surface area contributed by atoms with Crippen LogP contribution in [0.3, 0.4) is 0 Å². The molecule has 4 radical (unpaired) electrons. The van der Waals surface area contributed by atoms with Crippen LogP contribution in [0.15, 0.2) is 122 Å². The van der Waals surface area contributed by atoms with Crippen LogP contribution in [-0.2, 0) is 48.5 Å². The second-order valence-electron chi connectivity index (χ2n) is 6.98. The molecule has 0 aromatic carbocycles. The van der Waals surface area contributed by atoms with E-state index in [2.05, 4.69) is 20.0 Å². The molecule has 7 nitrogen and oxygen atoms in total. The molecule has 0 spiro atoms. The summed E-state index contributed by atoms with van der Waals surface area (Å²) in [6, 6.07) is 0. The van der Waals surface area contributed by atoms with E-state index in [1.165, 1.54) is 13.3 Å². The first kappa shape index (κ1) is 33.0. The van der Waals surface area contributed by atoms with Crippen molar-refractivity contribution in [3.05, 3.63) is 133 Å². The van der Waals surface area contributed by atoms with Crippen LogP contribution in [0.1, 0.15) is 0 Å². The molecule has 0 aromatic heterocycles. The van der Waals surface area contributed by atoms with Gasteiger partial charge in [-0.05, 0) is 22.9 Å². The molecule has 1 amide bonds. The standard InChI is InChI=1S/C18H14N4O3S.2C5H5.2Fe/c1-25-16(23)10-15-17(24)22(20-12-14-8-4-5-9-14)18(26-15)21-19-11-13-6-2-3-7-13;2*1-2-4-5-3-1;;/h2-12H,1H3;2*1-5H;;/b15-10+,19-11+,20-12+,21-18-;;;;. The largest absolute Gasteiger partial charge is 0.466 e. The monoisotopic (exact) mass is 608 g/mol. The van der Waals surface area contributed by atoms with Gasteiger partial charge in [-0.15, -0.1) is 5.10 Å². The van der Waals surface area contributed by atoms with Crippen molar-refractivity contribution in [2.45, 2.75) is 0 Å². The van der Waals surface area contributed by atoms with Gasteiger partial charge in [-0.2, -0.15) is 15.2 Å². The maximum absolute atomic E-state index is 12.5. The van der Waals surface area contributed by atoms with Gasteiger partial charge in [-0.1, -0.05) is 85.1 Å². The number of hydrazone groups is 1. The van der Waals surface area contributed by atoms with Crippen molar-refractivity contribution >= 4 is 41.2 Å². The van der Waals surface area contributed by atoms with Gasteiger partial charge in [0.2, 0.25) is 5.17 Å². The number of thioether (sulfide) groups is 1. The predicted molar refractivity (Wildman–Crippen MR) is 147 cm³/mol. The number of hydrogen-bond donors (Lipinski definition) is 0. The molecule has 196 valence electrons. The van der Waals surface area contributed by atoms with Crippen molar-refractivity contribution in [1.29, 1.82) is 0 Å². The maximum Gasteiger partial charge on any atom is 0.331 e. The van der Waals surface area contributed by atoms with Crippen LogP contribution < -0.4 is 0 Å². The first-order chi connectivity index (χ1) is 17.7. The van der Waals surface area contributed by atoms with E-state index < -0.39 is 11.9 Å². The molecular formula is C28H24Fe2N4O3S. The molecule has 1 saturated heterocycles. The van der Waals surface area contributed by atoms with Crippen LogP contribution in [0.5, 0.6) is 0 Å². The number of amidine groups is 1. The molecule has 0 unspecified atom stereocenters. The van der Waals surface area contributed by atoms with E-state index in [4.69, 9.17) is 0 Å². The Morgan fingerprint density at radius 3 is 2.03 bits per heavy atom. The van der Waals surface area contributed by atoms with Crippen LogP contribution in [0.2, 0.25) is 0 Å². The molecule has 1 heterocycles. The molecule has 5 aliphatic rings. The number of hydrogen-bond acceptors (Lipinski definition) is 7. The minimum absolute atomic E-state index is 0. The second kappa shape index (κ2) is 19.1. The van der Waals surface area contributed by atoms with Crippen LogP contribution in [0.4, 0.5) is 0 Å². The normalized spacial score (nSPS) is 20.0. The third-order valence-corrected chi connectivity index (χ3v) is 5.35. The van der Waals surface area contributed by atoms with Gasteiger partial charge in [0.1, 0.15) is 0 Å². The summed E-state index contributed by atoms with van der Waals surface area (Å²) < 4.78 is 4.57. The van der Waals surface area contributed by atoms with Crippen LogP contribution in [0.25, 0.3) is 0 Å². The van der Waals surface area contributed by atoms with Gasteiger partial charge in [-0.3, -0.25) is 4.79 Å². The Kier molecular flexibility index (Phi) is 16.6. The van der Waals surface area contributed by atoms with Crippen molar-refractivity contribution < 1.29 is 48.5 Å². The number of allylic oxidation sites excluding steroid dienone is 16. The Balaban J connectivity index is 0.000000501. The van der Waals surface area contributed by atoms with Crippen molar-refractivity contribution in [3.8, 4) is 0 Å². The summed E-state index contributed by atoms with van der Waals surface area (Å²) in [6.07, 6.45) is 39.2. The van der Waals surface area contributed by atoms with Gasteiger partial charge >= 0.3 is 5.97 Å². The third-order valence-electron chi connectivity index (χ3n) is 4.40. The summed E-state index contributed by atoms with van der Waals surface area (Å²) in [6.45, 7) is 0. The van der Waals surface area contributed by atoms with Gasteiger partial charge in [0.15, 0.2) is 0 Å². The van der Waals surface area contributed by atoms with E-state index >= 15 is 0 Å². The molecule has 0 N–H and O–H groups in total. The summed E-state index contributed by atoms with van der Waals surface area (Å²) in [5.41, 5.74) is 1.73. The van der Waals surface area contributed by atoms with E-state index in [0.29, 0.717) is 0 Å². The summed E-state index contributed by atoms with van der Waals surface area (Å²) in [5.74, 6) is -1.09. The number of esters is 1. The fraction of sp³-hybridized carbons (Fsp3) is 0.0357. The second-order valence-corrected chi connectivity index (χ2v) is 7.99. The zero-order valence-corrected chi connectivity index (χ0v) is 23.3. The first-order valence-corrected chi connectivity index (χ1v) is 11.7. The van der Waals surface area contributed by atoms with Gasteiger partial charge in [-0.25, -0.2) is 4.79 Å². The minimum atomic E-state index is -0.623. The number of nitrogens with zero attached hydrogens (tertiary/aromatic N) is 4. The average Bonchev–Trinajstić information content (AvgIpc) is 3.71. The van der Waals surface area contributed by atoms with Gasteiger partial charge in [0.25, 0.3) is 5.91 Å². The Hall–Kier alpha value is -3.00. The van der Waals surface area contributed by atoms with Gasteiger partial charge in [0, 0.05) is 65.9 Å². The maximum atomic E-state index is 12.5. The number of carbonyl (C=O) groups excluding carboxylic acids is 2. The molecule has 0 aromatic rings. The molecule has 0 saturated carbocycles. The van der Waals surface area contributed by atoms with Gasteiger partial charge in [0.05, 0.1) is 24.4 Å². The fourth-order valence-corrected chi connectivity index (χ4v) is 3.49. The Bertz CT molecular complexity index is 1160. The molecule has 0 bridgehead atoms. The summed E-state index contributed by atoms with van der Waals surface area (Å²) in [4.78, 5) is 24.1. The molecule has 38 heavy (non-hydrogen) atoms. The van der Waals surface area contributed by atoms with Crippen LogP contribution in [-0.4, -0.2) is 41.6 Å². The van der Waals surface area contributed by atoms with Crippen molar-refractivity contribution in [3.63, 3.8) is 0 Å². The molecule has 1 fully saturated rings. The quantitative estimate of drug-likeness (QED) is 0.145. The number of ether oxygens (including phenoxy) is 1. The Morgan fingerprint density at radius 1 is 0.842 bits per heavy atom. The Labute approximate surface area is 249 Å². The first-order valence-electron chi connectivity index (χ1n) is 10.9. The predicted octanol–water partition coefficient (Wildman–Crippen LogP) is 4.98. The van der Waals surface area contributed by atoms with E-state index in [1.807, 2.05) is 111 Å². The smallest absolute Gasteiger partial charge is 0.331 e. The topological polar surface area (TPSA) is 83.7 Å². The number of rotatable bonds is 5. The SMILES string of the molecule is COC(=O)/C=C1/S/C(=N\N=C\C2=C[CH]C=C2)N(/N=C/C2=CC=C[CH]2)C1=O.[CH]1C=CC=C1.[CH]1C=CC=C1.[Fe].[Fe]. The molecule has 1 aliphatic heterocycles. The summed E-state index contributed by atoms with van der Waals surface area (Å²) in [7, 11) is 1.24. The fourth-order valence-electron chi connectivity index (χ4n) is 2.66. The molecule has 5 rings (SSSR count).